The summed E-state index contributed by atoms with van der Waals surface area (Å²) in [5, 5.41) is 10.7. The van der Waals surface area contributed by atoms with Crippen LogP contribution in [0.25, 0.3) is 0 Å². The first kappa shape index (κ1) is 10.9. The van der Waals surface area contributed by atoms with Gasteiger partial charge in [-0.05, 0) is 19.3 Å². The van der Waals surface area contributed by atoms with Crippen molar-refractivity contribution in [3.8, 4) is 0 Å². The number of carbonyl (C=O) groups excluding carboxylic acids is 1. The highest BCUT2D eigenvalue weighted by Gasteiger charge is 2.09. The summed E-state index contributed by atoms with van der Waals surface area (Å²) in [6.07, 6.45) is 3.40. The van der Waals surface area contributed by atoms with Crippen LogP contribution in [0.15, 0.2) is 0 Å². The van der Waals surface area contributed by atoms with Gasteiger partial charge in [-0.1, -0.05) is 0 Å². The van der Waals surface area contributed by atoms with Gasteiger partial charge in [0.1, 0.15) is 6.04 Å². The summed E-state index contributed by atoms with van der Waals surface area (Å²) in [6.45, 7) is 0.524. The van der Waals surface area contributed by atoms with Crippen LogP contribution < -0.4 is 11.1 Å². The molecule has 1 radical (unpaired) electrons. The summed E-state index contributed by atoms with van der Waals surface area (Å²) in [7, 11) is 0. The zero-order valence-electron chi connectivity index (χ0n) is 6.75. The Kier molecular flexibility index (Phi) is 6.00. The maximum atomic E-state index is 10.2. The Morgan fingerprint density at radius 1 is 1.58 bits per heavy atom. The fraction of sp³-hybridized carbons (Fsp3) is 0.714. The third kappa shape index (κ3) is 5.67. The van der Waals surface area contributed by atoms with Crippen molar-refractivity contribution < 1.29 is 14.7 Å². The highest BCUT2D eigenvalue weighted by molar-refractivity contribution is 5.72. The summed E-state index contributed by atoms with van der Waals surface area (Å²) < 4.78 is 0. The maximum absolute atomic E-state index is 10.2. The number of unbranched alkanes of at least 4 members (excludes halogenated alkanes) is 1. The molecule has 69 valence electrons. The van der Waals surface area contributed by atoms with E-state index in [1.165, 1.54) is 6.41 Å². The Morgan fingerprint density at radius 2 is 2.25 bits per heavy atom. The number of amides is 1. The Morgan fingerprint density at radius 3 is 2.75 bits per heavy atom. The van der Waals surface area contributed by atoms with Gasteiger partial charge >= 0.3 is 12.4 Å². The van der Waals surface area contributed by atoms with E-state index in [1.807, 2.05) is 0 Å². The van der Waals surface area contributed by atoms with E-state index in [9.17, 15) is 9.59 Å². The second-order valence-electron chi connectivity index (χ2n) is 2.47. The summed E-state index contributed by atoms with van der Waals surface area (Å²) >= 11 is 0. The van der Waals surface area contributed by atoms with Gasteiger partial charge in [-0.2, -0.15) is 0 Å². The van der Waals surface area contributed by atoms with Crippen molar-refractivity contribution in [2.24, 2.45) is 5.73 Å². The molecule has 1 atom stereocenters. The van der Waals surface area contributed by atoms with E-state index in [0.29, 0.717) is 19.4 Å². The van der Waals surface area contributed by atoms with Crippen LogP contribution in [0.4, 0.5) is 0 Å². The van der Waals surface area contributed by atoms with Crippen LogP contribution in [0, 0.1) is 0 Å². The largest absolute Gasteiger partial charge is 0.480 e. The predicted octanol–water partition coefficient (Wildman–Crippen LogP) is -0.775. The molecule has 4 N–H and O–H groups in total. The molecule has 0 aliphatic carbocycles. The summed E-state index contributed by atoms with van der Waals surface area (Å²) in [5.74, 6) is -0.982. The van der Waals surface area contributed by atoms with Crippen molar-refractivity contribution in [3.05, 3.63) is 0 Å². The van der Waals surface area contributed by atoms with Crippen molar-refractivity contribution in [3.63, 3.8) is 0 Å². The van der Waals surface area contributed by atoms with Crippen LogP contribution in [0.1, 0.15) is 19.3 Å². The van der Waals surface area contributed by atoms with Crippen LogP contribution in [-0.2, 0) is 9.59 Å². The third-order valence-corrected chi connectivity index (χ3v) is 1.46. The van der Waals surface area contributed by atoms with E-state index in [-0.39, 0.29) is 0 Å². The molecule has 0 rings (SSSR count). The number of nitrogens with one attached hydrogen (secondary N) is 1. The summed E-state index contributed by atoms with van der Waals surface area (Å²) in [5.41, 5.74) is 5.23. The van der Waals surface area contributed by atoms with Crippen molar-refractivity contribution >= 4 is 12.4 Å². The van der Waals surface area contributed by atoms with Crippen molar-refractivity contribution in [2.45, 2.75) is 25.3 Å². The Balaban J connectivity index is 3.19. The fourth-order valence-corrected chi connectivity index (χ4v) is 0.752. The molecule has 0 heterocycles. The van der Waals surface area contributed by atoms with E-state index < -0.39 is 12.0 Å². The van der Waals surface area contributed by atoms with Gasteiger partial charge in [0.05, 0.1) is 0 Å². The molecule has 5 nitrogen and oxygen atoms in total. The van der Waals surface area contributed by atoms with Crippen LogP contribution in [0.3, 0.4) is 0 Å². The quantitative estimate of drug-likeness (QED) is 0.348. The van der Waals surface area contributed by atoms with E-state index in [0.717, 1.165) is 6.42 Å². The van der Waals surface area contributed by atoms with Gasteiger partial charge in [-0.25, -0.2) is 0 Å². The molecule has 0 aromatic carbocycles. The van der Waals surface area contributed by atoms with Crippen LogP contribution >= 0.6 is 0 Å². The van der Waals surface area contributed by atoms with Crippen molar-refractivity contribution in [1.29, 1.82) is 0 Å². The number of carbonyl (C=O) groups is 1. The highest BCUT2D eigenvalue weighted by atomic mass is 16.4. The smallest absolute Gasteiger partial charge is 0.320 e. The molecule has 0 fully saturated rings. The van der Waals surface area contributed by atoms with Gasteiger partial charge in [-0.15, -0.1) is 0 Å². The zero-order valence-corrected chi connectivity index (χ0v) is 6.75. The lowest BCUT2D eigenvalue weighted by Crippen LogP contribution is -2.30. The molecule has 12 heavy (non-hydrogen) atoms. The van der Waals surface area contributed by atoms with Gasteiger partial charge in [0, 0.05) is 6.54 Å². The lowest BCUT2D eigenvalue weighted by atomic mass is 10.1. The third-order valence-electron chi connectivity index (χ3n) is 1.46. The topological polar surface area (TPSA) is 92.4 Å². The molecule has 0 spiro atoms. The highest BCUT2D eigenvalue weighted by Crippen LogP contribution is 1.97. The van der Waals surface area contributed by atoms with Gasteiger partial charge in [0.25, 0.3) is 0 Å². The monoisotopic (exact) mass is 173 g/mol. The number of rotatable bonds is 7. The minimum atomic E-state index is -0.982. The second kappa shape index (κ2) is 6.60. The average molecular weight is 173 g/mol. The molecular weight excluding hydrogens is 160 g/mol. The van der Waals surface area contributed by atoms with Crippen LogP contribution in [-0.4, -0.2) is 30.1 Å². The minimum absolute atomic E-state index is 0.440. The van der Waals surface area contributed by atoms with Gasteiger partial charge in [0.15, 0.2) is 0 Å². The lowest BCUT2D eigenvalue weighted by Gasteiger charge is -2.04. The summed E-state index contributed by atoms with van der Waals surface area (Å²) in [6, 6.07) is -0.787. The van der Waals surface area contributed by atoms with Gasteiger partial charge in [-0.3, -0.25) is 9.59 Å². The maximum Gasteiger partial charge on any atom is 0.320 e. The molecule has 5 heteroatoms. The Labute approximate surface area is 70.9 Å². The number of hydrogen-bond acceptors (Lipinski definition) is 3. The van der Waals surface area contributed by atoms with Gasteiger partial charge < -0.3 is 16.2 Å². The van der Waals surface area contributed by atoms with E-state index in [4.69, 9.17) is 10.8 Å². The van der Waals surface area contributed by atoms with E-state index in [1.54, 1.807) is 0 Å². The molecule has 0 saturated heterocycles. The minimum Gasteiger partial charge on any atom is -0.480 e. The fourth-order valence-electron chi connectivity index (χ4n) is 0.752. The van der Waals surface area contributed by atoms with E-state index >= 15 is 0 Å². The number of hydrogen-bond donors (Lipinski definition) is 3. The van der Waals surface area contributed by atoms with E-state index in [2.05, 4.69) is 5.32 Å². The molecule has 0 aliphatic heterocycles. The average Bonchev–Trinajstić information content (AvgIpc) is 2.03. The lowest BCUT2D eigenvalue weighted by molar-refractivity contribution is -0.138. The molecule has 0 bridgehead atoms. The first-order valence-corrected chi connectivity index (χ1v) is 3.77. The Hall–Kier alpha value is -1.10. The molecule has 0 saturated carbocycles. The Bertz CT molecular complexity index is 150. The predicted molar refractivity (Wildman–Crippen MR) is 43.2 cm³/mol. The first-order valence-electron chi connectivity index (χ1n) is 3.77. The normalized spacial score (nSPS) is 12.1. The number of aliphatic carboxylic acids is 1. The standard InChI is InChI=1S/C7H13N2O3/c8-6(7(11)12)3-1-2-4-9-5-10/h6H,1-4,8H2,(H,9,10)(H,11,12). The second-order valence-corrected chi connectivity index (χ2v) is 2.47. The van der Waals surface area contributed by atoms with Gasteiger partial charge in [0.2, 0.25) is 0 Å². The zero-order chi connectivity index (χ0) is 9.40. The number of carboxylic acid groups (broad SMARTS) is 1. The van der Waals surface area contributed by atoms with Crippen molar-refractivity contribution in [2.75, 3.05) is 6.54 Å². The summed E-state index contributed by atoms with van der Waals surface area (Å²) in [4.78, 5) is 19.9. The molecule has 0 aliphatic rings. The molecule has 1 unspecified atom stereocenters. The molecule has 1 amide bonds. The molecular formula is C7H13N2O3. The van der Waals surface area contributed by atoms with Crippen LogP contribution in [0.2, 0.25) is 0 Å². The first-order chi connectivity index (χ1) is 5.68. The SMILES string of the molecule is NC(CCCCN[C]=O)C(=O)O. The van der Waals surface area contributed by atoms with Crippen molar-refractivity contribution in [1.82, 2.24) is 5.32 Å². The number of nitrogens with two attached hydrogens (primary N) is 1. The molecule has 0 aromatic rings. The van der Waals surface area contributed by atoms with Crippen LogP contribution in [0.5, 0.6) is 0 Å². The number of carboxylic acids is 1. The molecule has 0 aromatic heterocycles.